The second-order valence-electron chi connectivity index (χ2n) is 8.58. The monoisotopic (exact) mass is 460 g/mol. The van der Waals surface area contributed by atoms with Crippen LogP contribution in [-0.2, 0) is 0 Å². The molecule has 2 heteroatoms. The van der Waals surface area contributed by atoms with Crippen molar-refractivity contribution in [3.63, 3.8) is 0 Å². The Hall–Kier alpha value is -4.91. The van der Waals surface area contributed by atoms with Crippen molar-refractivity contribution in [1.29, 1.82) is 0 Å². The van der Waals surface area contributed by atoms with Crippen molar-refractivity contribution >= 4 is 16.8 Å². The standard InChI is InChI=1S/C34H24N2/c1-5-15-26(16-6-1)30(27-17-7-2-8-18-27)25-31(28-19-9-3-10-20-28)34-33(29-21-11-4-12-22-29)35-32-23-13-14-24-36(32)34/h1-24H. The third-order valence-electron chi connectivity index (χ3n) is 6.25. The zero-order chi connectivity index (χ0) is 24.2. The second kappa shape index (κ2) is 9.76. The highest BCUT2D eigenvalue weighted by atomic mass is 15.0. The van der Waals surface area contributed by atoms with Crippen molar-refractivity contribution in [3.8, 4) is 11.3 Å². The molecule has 4 aromatic carbocycles. The number of aromatic nitrogens is 2. The van der Waals surface area contributed by atoms with Crippen LogP contribution in [0.4, 0.5) is 0 Å². The molecule has 0 spiro atoms. The Morgan fingerprint density at radius 1 is 0.500 bits per heavy atom. The summed E-state index contributed by atoms with van der Waals surface area (Å²) in [5, 5.41) is 0. The highest BCUT2D eigenvalue weighted by molar-refractivity contribution is 5.92. The van der Waals surface area contributed by atoms with E-state index in [4.69, 9.17) is 4.98 Å². The largest absolute Gasteiger partial charge is 0.298 e. The van der Waals surface area contributed by atoms with E-state index < -0.39 is 0 Å². The maximum Gasteiger partial charge on any atom is 0.137 e. The zero-order valence-electron chi connectivity index (χ0n) is 19.8. The quantitative estimate of drug-likeness (QED) is 0.237. The van der Waals surface area contributed by atoms with E-state index in [1.54, 1.807) is 0 Å². The number of pyridine rings is 1. The molecule has 36 heavy (non-hydrogen) atoms. The minimum atomic E-state index is 0.905. The van der Waals surface area contributed by atoms with Gasteiger partial charge in [-0.1, -0.05) is 127 Å². The second-order valence-corrected chi connectivity index (χ2v) is 8.58. The first-order valence-electron chi connectivity index (χ1n) is 12.1. The first kappa shape index (κ1) is 21.6. The number of hydrogen-bond donors (Lipinski definition) is 0. The summed E-state index contributed by atoms with van der Waals surface area (Å²) in [4.78, 5) is 5.07. The topological polar surface area (TPSA) is 17.3 Å². The molecule has 0 aliphatic heterocycles. The SMILES string of the molecule is C(=C(c1ccccc1)c1ccccc1)=C(c1ccccc1)c1c(-c2ccccc2)nc2ccccn12. The number of nitrogens with zero attached hydrogens (tertiary/aromatic N) is 2. The van der Waals surface area contributed by atoms with Crippen molar-refractivity contribution in [2.24, 2.45) is 0 Å². The van der Waals surface area contributed by atoms with E-state index in [2.05, 4.69) is 126 Å². The van der Waals surface area contributed by atoms with Crippen molar-refractivity contribution in [3.05, 3.63) is 174 Å². The minimum absolute atomic E-state index is 0.905. The summed E-state index contributed by atoms with van der Waals surface area (Å²) in [6, 6.07) is 48.0. The van der Waals surface area contributed by atoms with E-state index in [0.717, 1.165) is 50.4 Å². The molecule has 2 nitrogen and oxygen atoms in total. The summed E-state index contributed by atoms with van der Waals surface area (Å²) in [6.07, 6.45) is 2.08. The van der Waals surface area contributed by atoms with Gasteiger partial charge in [-0.25, -0.2) is 4.98 Å². The van der Waals surface area contributed by atoms with Crippen LogP contribution in [0.2, 0.25) is 0 Å². The van der Waals surface area contributed by atoms with Gasteiger partial charge in [0.1, 0.15) is 5.65 Å². The van der Waals surface area contributed by atoms with E-state index in [1.807, 2.05) is 30.3 Å². The lowest BCUT2D eigenvalue weighted by atomic mass is 9.94. The lowest BCUT2D eigenvalue weighted by Crippen LogP contribution is -1.96. The number of fused-ring (bicyclic) bond motifs is 1. The van der Waals surface area contributed by atoms with Crippen molar-refractivity contribution < 1.29 is 0 Å². The molecule has 6 rings (SSSR count). The summed E-state index contributed by atoms with van der Waals surface area (Å²) in [5.41, 5.74) is 13.2. The van der Waals surface area contributed by atoms with E-state index in [1.165, 1.54) is 0 Å². The number of rotatable bonds is 5. The maximum absolute atomic E-state index is 5.07. The Labute approximate surface area is 211 Å². The molecule has 2 aromatic heterocycles. The molecule has 0 bridgehead atoms. The lowest BCUT2D eigenvalue weighted by Gasteiger charge is -2.11. The summed E-state index contributed by atoms with van der Waals surface area (Å²) in [5.74, 6) is 0. The fourth-order valence-electron chi connectivity index (χ4n) is 4.55. The highest BCUT2D eigenvalue weighted by Gasteiger charge is 2.19. The maximum atomic E-state index is 5.07. The summed E-state index contributed by atoms with van der Waals surface area (Å²) < 4.78 is 2.17. The molecule has 2 heterocycles. The summed E-state index contributed by atoms with van der Waals surface area (Å²) in [6.45, 7) is 0. The van der Waals surface area contributed by atoms with Crippen LogP contribution < -0.4 is 0 Å². The molecule has 170 valence electrons. The van der Waals surface area contributed by atoms with Gasteiger partial charge in [0.2, 0.25) is 0 Å². The first-order valence-corrected chi connectivity index (χ1v) is 12.1. The molecule has 0 saturated carbocycles. The van der Waals surface area contributed by atoms with Crippen molar-refractivity contribution in [1.82, 2.24) is 9.38 Å². The van der Waals surface area contributed by atoms with Crippen LogP contribution in [0.3, 0.4) is 0 Å². The molecule has 0 N–H and O–H groups in total. The Balaban J connectivity index is 1.77. The van der Waals surface area contributed by atoms with E-state index in [9.17, 15) is 0 Å². The fraction of sp³-hybridized carbons (Fsp3) is 0. The van der Waals surface area contributed by atoms with Gasteiger partial charge in [0.05, 0.1) is 17.0 Å². The molecule has 0 aliphatic carbocycles. The molecule has 0 saturated heterocycles. The summed E-state index contributed by atoms with van der Waals surface area (Å²) in [7, 11) is 0. The van der Waals surface area contributed by atoms with Gasteiger partial charge in [0, 0.05) is 17.3 Å². The summed E-state index contributed by atoms with van der Waals surface area (Å²) >= 11 is 0. The Bertz CT molecular complexity index is 1630. The average molecular weight is 461 g/mol. The molecule has 0 amide bonds. The molecule has 0 aliphatic rings. The third-order valence-corrected chi connectivity index (χ3v) is 6.25. The van der Waals surface area contributed by atoms with Crippen LogP contribution in [0.15, 0.2) is 151 Å². The van der Waals surface area contributed by atoms with Gasteiger partial charge in [0.25, 0.3) is 0 Å². The van der Waals surface area contributed by atoms with E-state index in [0.29, 0.717) is 0 Å². The van der Waals surface area contributed by atoms with Gasteiger partial charge in [0.15, 0.2) is 0 Å². The van der Waals surface area contributed by atoms with Gasteiger partial charge in [-0.2, -0.15) is 0 Å². The van der Waals surface area contributed by atoms with Gasteiger partial charge in [-0.15, -0.1) is 5.73 Å². The molecular weight excluding hydrogens is 436 g/mol. The van der Waals surface area contributed by atoms with Gasteiger partial charge in [-0.05, 0) is 28.8 Å². The van der Waals surface area contributed by atoms with Gasteiger partial charge in [-0.3, -0.25) is 4.40 Å². The highest BCUT2D eigenvalue weighted by Crippen LogP contribution is 2.34. The molecular formula is C34H24N2. The fourth-order valence-corrected chi connectivity index (χ4v) is 4.55. The van der Waals surface area contributed by atoms with Crippen LogP contribution in [-0.4, -0.2) is 9.38 Å². The van der Waals surface area contributed by atoms with Crippen LogP contribution in [0.1, 0.15) is 22.4 Å². The van der Waals surface area contributed by atoms with Crippen LogP contribution in [0.5, 0.6) is 0 Å². The third kappa shape index (κ3) is 4.18. The van der Waals surface area contributed by atoms with Crippen molar-refractivity contribution in [2.45, 2.75) is 0 Å². The molecule has 0 atom stereocenters. The lowest BCUT2D eigenvalue weighted by molar-refractivity contribution is 1.16. The smallest absolute Gasteiger partial charge is 0.137 e. The van der Waals surface area contributed by atoms with E-state index >= 15 is 0 Å². The average Bonchev–Trinajstić information content (AvgIpc) is 3.35. The Morgan fingerprint density at radius 2 is 0.972 bits per heavy atom. The molecule has 0 radical (unpaired) electrons. The van der Waals surface area contributed by atoms with Crippen molar-refractivity contribution in [2.75, 3.05) is 0 Å². The number of imidazole rings is 1. The normalized spacial score (nSPS) is 10.7. The molecule has 0 unspecified atom stereocenters. The zero-order valence-corrected chi connectivity index (χ0v) is 19.8. The molecule has 0 fully saturated rings. The number of benzene rings is 4. The van der Waals surface area contributed by atoms with Crippen LogP contribution in [0.25, 0.3) is 28.1 Å². The predicted octanol–water partition coefficient (Wildman–Crippen LogP) is 8.16. The minimum Gasteiger partial charge on any atom is -0.298 e. The Morgan fingerprint density at radius 3 is 1.53 bits per heavy atom. The van der Waals surface area contributed by atoms with Crippen LogP contribution in [0, 0.1) is 0 Å². The first-order chi connectivity index (χ1) is 17.9. The Kier molecular flexibility index (Phi) is 5.86. The van der Waals surface area contributed by atoms with Gasteiger partial charge >= 0.3 is 0 Å². The van der Waals surface area contributed by atoms with Gasteiger partial charge < -0.3 is 0 Å². The molecule has 6 aromatic rings. The number of hydrogen-bond acceptors (Lipinski definition) is 1. The van der Waals surface area contributed by atoms with E-state index in [-0.39, 0.29) is 0 Å². The van der Waals surface area contributed by atoms with Crippen LogP contribution >= 0.6 is 0 Å². The predicted molar refractivity (Wildman–Crippen MR) is 148 cm³/mol.